The van der Waals surface area contributed by atoms with Gasteiger partial charge in [0.05, 0.1) is 17.1 Å². The molecule has 3 N–H and O–H groups in total. The molecular weight excluding hydrogens is 321 g/mol. The van der Waals surface area contributed by atoms with Crippen LogP contribution in [0.1, 0.15) is 0 Å². The quantitative estimate of drug-likeness (QED) is 0.681. The van der Waals surface area contributed by atoms with Crippen molar-refractivity contribution in [2.24, 2.45) is 0 Å². The predicted octanol–water partition coefficient (Wildman–Crippen LogP) is 4.46. The molecule has 0 amide bonds. The minimum atomic E-state index is -0.339. The van der Waals surface area contributed by atoms with Gasteiger partial charge in [-0.15, -0.1) is 0 Å². The molecule has 5 heteroatoms. The van der Waals surface area contributed by atoms with Gasteiger partial charge in [0.15, 0.2) is 0 Å². The average Bonchev–Trinajstić information content (AvgIpc) is 2.45. The van der Waals surface area contributed by atoms with E-state index in [1.54, 1.807) is 24.5 Å². The molecule has 0 aliphatic carbocycles. The molecule has 0 unspecified atom stereocenters. The molecule has 100 valence electrons. The standard InChI is InChI=1S/C15H11BrFN3/c16-10-2-4-13(12(17)7-10)20-14-3-1-9-8-19-6-5-11(9)15(14)18/h1-8,20H,18H2. The number of anilines is 3. The van der Waals surface area contributed by atoms with Gasteiger partial charge in [0.25, 0.3) is 0 Å². The lowest BCUT2D eigenvalue weighted by Crippen LogP contribution is -1.99. The third kappa shape index (κ3) is 2.32. The summed E-state index contributed by atoms with van der Waals surface area (Å²) in [6, 6.07) is 10.4. The van der Waals surface area contributed by atoms with Crippen LogP contribution in [-0.2, 0) is 0 Å². The second-order valence-electron chi connectivity index (χ2n) is 4.37. The molecule has 0 aliphatic rings. The van der Waals surface area contributed by atoms with Crippen LogP contribution in [0, 0.1) is 5.82 Å². The van der Waals surface area contributed by atoms with E-state index in [-0.39, 0.29) is 5.82 Å². The normalized spacial score (nSPS) is 10.7. The number of halogens is 2. The Balaban J connectivity index is 2.04. The van der Waals surface area contributed by atoms with Gasteiger partial charge in [0, 0.05) is 27.6 Å². The highest BCUT2D eigenvalue weighted by Gasteiger charge is 2.07. The Morgan fingerprint density at radius 2 is 1.90 bits per heavy atom. The Bertz CT molecular complexity index is 789. The first kappa shape index (κ1) is 12.9. The maximum atomic E-state index is 13.8. The van der Waals surface area contributed by atoms with Gasteiger partial charge in [0.2, 0.25) is 0 Å². The number of rotatable bonds is 2. The van der Waals surface area contributed by atoms with Crippen molar-refractivity contribution >= 4 is 43.8 Å². The minimum absolute atomic E-state index is 0.339. The molecule has 0 radical (unpaired) electrons. The van der Waals surface area contributed by atoms with E-state index >= 15 is 0 Å². The highest BCUT2D eigenvalue weighted by atomic mass is 79.9. The third-order valence-corrected chi connectivity index (χ3v) is 3.56. The first-order valence-electron chi connectivity index (χ1n) is 5.99. The predicted molar refractivity (Wildman–Crippen MR) is 83.5 cm³/mol. The van der Waals surface area contributed by atoms with Gasteiger partial charge < -0.3 is 11.1 Å². The maximum absolute atomic E-state index is 13.8. The van der Waals surface area contributed by atoms with Crippen molar-refractivity contribution in [3.63, 3.8) is 0 Å². The molecule has 0 aliphatic heterocycles. The molecule has 0 bridgehead atoms. The fraction of sp³-hybridized carbons (Fsp3) is 0. The number of pyridine rings is 1. The molecule has 0 saturated carbocycles. The Labute approximate surface area is 123 Å². The van der Waals surface area contributed by atoms with E-state index in [1.807, 2.05) is 18.2 Å². The maximum Gasteiger partial charge on any atom is 0.147 e. The fourth-order valence-electron chi connectivity index (χ4n) is 2.04. The number of aromatic nitrogens is 1. The van der Waals surface area contributed by atoms with Gasteiger partial charge in [-0.25, -0.2) is 4.39 Å². The Morgan fingerprint density at radius 3 is 2.70 bits per heavy atom. The molecule has 3 nitrogen and oxygen atoms in total. The van der Waals surface area contributed by atoms with Crippen LogP contribution < -0.4 is 11.1 Å². The smallest absolute Gasteiger partial charge is 0.147 e. The fourth-order valence-corrected chi connectivity index (χ4v) is 2.37. The van der Waals surface area contributed by atoms with Crippen molar-refractivity contribution in [2.75, 3.05) is 11.1 Å². The minimum Gasteiger partial charge on any atom is -0.397 e. The van der Waals surface area contributed by atoms with Gasteiger partial charge in [-0.2, -0.15) is 0 Å². The van der Waals surface area contributed by atoms with E-state index < -0.39 is 0 Å². The summed E-state index contributed by atoms with van der Waals surface area (Å²) in [5.74, 6) is -0.339. The first-order chi connectivity index (χ1) is 9.65. The van der Waals surface area contributed by atoms with Gasteiger partial charge in [-0.3, -0.25) is 4.98 Å². The van der Waals surface area contributed by atoms with E-state index in [1.165, 1.54) is 6.07 Å². The summed E-state index contributed by atoms with van der Waals surface area (Å²) >= 11 is 3.23. The van der Waals surface area contributed by atoms with Gasteiger partial charge >= 0.3 is 0 Å². The van der Waals surface area contributed by atoms with Crippen molar-refractivity contribution in [2.45, 2.75) is 0 Å². The van der Waals surface area contributed by atoms with Gasteiger partial charge in [-0.1, -0.05) is 22.0 Å². The summed E-state index contributed by atoms with van der Waals surface area (Å²) in [5, 5.41) is 4.86. The first-order valence-corrected chi connectivity index (χ1v) is 6.79. The molecular formula is C15H11BrFN3. The molecule has 0 atom stereocenters. The van der Waals surface area contributed by atoms with E-state index in [9.17, 15) is 4.39 Å². The Hall–Kier alpha value is -2.14. The molecule has 20 heavy (non-hydrogen) atoms. The largest absolute Gasteiger partial charge is 0.397 e. The number of fused-ring (bicyclic) bond motifs is 1. The molecule has 0 spiro atoms. The second kappa shape index (κ2) is 5.09. The zero-order valence-corrected chi connectivity index (χ0v) is 12.0. The van der Waals surface area contributed by atoms with Crippen LogP contribution in [0.2, 0.25) is 0 Å². The topological polar surface area (TPSA) is 50.9 Å². The summed E-state index contributed by atoms with van der Waals surface area (Å²) in [5.41, 5.74) is 7.75. The van der Waals surface area contributed by atoms with Crippen LogP contribution in [0.3, 0.4) is 0 Å². The number of nitrogens with one attached hydrogen (secondary N) is 1. The van der Waals surface area contributed by atoms with E-state index in [4.69, 9.17) is 5.73 Å². The monoisotopic (exact) mass is 331 g/mol. The van der Waals surface area contributed by atoms with E-state index in [0.29, 0.717) is 21.5 Å². The van der Waals surface area contributed by atoms with Crippen LogP contribution in [0.15, 0.2) is 53.3 Å². The van der Waals surface area contributed by atoms with E-state index in [0.717, 1.165) is 10.8 Å². The summed E-state index contributed by atoms with van der Waals surface area (Å²) in [6.45, 7) is 0. The number of hydrogen-bond acceptors (Lipinski definition) is 3. The number of nitrogen functional groups attached to an aromatic ring is 1. The van der Waals surface area contributed by atoms with Crippen LogP contribution in [0.25, 0.3) is 10.8 Å². The zero-order chi connectivity index (χ0) is 14.1. The highest BCUT2D eigenvalue weighted by molar-refractivity contribution is 9.10. The Morgan fingerprint density at radius 1 is 1.10 bits per heavy atom. The number of hydrogen-bond donors (Lipinski definition) is 2. The van der Waals surface area contributed by atoms with Gasteiger partial charge in [-0.05, 0) is 30.3 Å². The SMILES string of the molecule is Nc1c(Nc2ccc(Br)cc2F)ccc2cnccc12. The van der Waals surface area contributed by atoms with Crippen LogP contribution in [-0.4, -0.2) is 4.98 Å². The number of nitrogens with two attached hydrogens (primary N) is 1. The summed E-state index contributed by atoms with van der Waals surface area (Å²) < 4.78 is 14.5. The molecule has 0 saturated heterocycles. The number of nitrogens with zero attached hydrogens (tertiary/aromatic N) is 1. The third-order valence-electron chi connectivity index (χ3n) is 3.06. The summed E-state index contributed by atoms with van der Waals surface area (Å²) in [4.78, 5) is 4.05. The van der Waals surface area contributed by atoms with Gasteiger partial charge in [0.1, 0.15) is 5.82 Å². The number of benzene rings is 2. The second-order valence-corrected chi connectivity index (χ2v) is 5.29. The molecule has 1 heterocycles. The van der Waals surface area contributed by atoms with Crippen LogP contribution >= 0.6 is 15.9 Å². The van der Waals surface area contributed by atoms with Crippen molar-refractivity contribution in [3.8, 4) is 0 Å². The Kier molecular flexibility index (Phi) is 3.28. The molecule has 3 aromatic rings. The summed E-state index contributed by atoms with van der Waals surface area (Å²) in [6.07, 6.45) is 3.43. The van der Waals surface area contributed by atoms with Crippen molar-refractivity contribution in [1.82, 2.24) is 4.98 Å². The van der Waals surface area contributed by atoms with Crippen LogP contribution in [0.5, 0.6) is 0 Å². The molecule has 0 fully saturated rings. The van der Waals surface area contributed by atoms with Crippen molar-refractivity contribution in [3.05, 3.63) is 59.1 Å². The zero-order valence-electron chi connectivity index (χ0n) is 10.4. The highest BCUT2D eigenvalue weighted by Crippen LogP contribution is 2.31. The van der Waals surface area contributed by atoms with E-state index in [2.05, 4.69) is 26.2 Å². The summed E-state index contributed by atoms with van der Waals surface area (Å²) in [7, 11) is 0. The molecule has 1 aromatic heterocycles. The molecule has 2 aromatic carbocycles. The van der Waals surface area contributed by atoms with Crippen molar-refractivity contribution < 1.29 is 4.39 Å². The average molecular weight is 332 g/mol. The van der Waals surface area contributed by atoms with Crippen molar-refractivity contribution in [1.29, 1.82) is 0 Å². The van der Waals surface area contributed by atoms with Crippen LogP contribution in [0.4, 0.5) is 21.5 Å². The lowest BCUT2D eigenvalue weighted by atomic mass is 10.1. The lowest BCUT2D eigenvalue weighted by molar-refractivity contribution is 0.631. The lowest BCUT2D eigenvalue weighted by Gasteiger charge is -2.12. The molecule has 3 rings (SSSR count).